The van der Waals surface area contributed by atoms with Gasteiger partial charge in [0.05, 0.1) is 18.4 Å². The Morgan fingerprint density at radius 1 is 1.07 bits per heavy atom. The Kier molecular flexibility index (Phi) is 7.24. The third-order valence-electron chi connectivity index (χ3n) is 7.55. The molecule has 1 saturated heterocycles. The summed E-state index contributed by atoms with van der Waals surface area (Å²) < 4.78 is 17.2. The molecule has 2 aromatic carbocycles. The van der Waals surface area contributed by atoms with Gasteiger partial charge in [-0.3, -0.25) is 4.79 Å². The number of ether oxygens (including phenoxy) is 1. The molecule has 208 valence electrons. The Morgan fingerprint density at radius 2 is 1.93 bits per heavy atom. The minimum Gasteiger partial charge on any atom is -0.493 e. The van der Waals surface area contributed by atoms with E-state index in [-0.39, 0.29) is 17.8 Å². The summed E-state index contributed by atoms with van der Waals surface area (Å²) in [5.41, 5.74) is 3.32. The minimum atomic E-state index is -0.964. The van der Waals surface area contributed by atoms with Crippen molar-refractivity contribution in [2.24, 2.45) is 5.92 Å². The normalized spacial score (nSPS) is 13.9. The van der Waals surface area contributed by atoms with Crippen LogP contribution in [0.15, 0.2) is 82.1 Å². The summed E-state index contributed by atoms with van der Waals surface area (Å²) >= 11 is 0. The highest BCUT2D eigenvalue weighted by Gasteiger charge is 2.22. The number of oxazole rings is 1. The first kappa shape index (κ1) is 26.3. The topological polar surface area (TPSA) is 119 Å². The van der Waals surface area contributed by atoms with Gasteiger partial charge in [0.1, 0.15) is 23.4 Å². The molecule has 0 radical (unpaired) electrons. The number of aromatic carboxylic acids is 1. The number of hydrogen-bond donors (Lipinski definition) is 1. The molecule has 0 unspecified atom stereocenters. The summed E-state index contributed by atoms with van der Waals surface area (Å²) in [6.45, 7) is 4.14. The molecule has 9 heteroatoms. The lowest BCUT2D eigenvalue weighted by Crippen LogP contribution is -2.36. The van der Waals surface area contributed by atoms with Crippen molar-refractivity contribution in [1.29, 1.82) is 0 Å². The molecule has 0 aliphatic carbocycles. The highest BCUT2D eigenvalue weighted by atomic mass is 16.5. The molecular formula is C32H29N3O6. The zero-order chi connectivity index (χ0) is 28.3. The Balaban J connectivity index is 1.04. The lowest BCUT2D eigenvalue weighted by atomic mass is 9.97. The molecule has 5 aromatic rings. The maximum absolute atomic E-state index is 13.2. The summed E-state index contributed by atoms with van der Waals surface area (Å²) in [6.07, 6.45) is 6.98. The van der Waals surface area contributed by atoms with Crippen LogP contribution in [0.5, 0.6) is 5.75 Å². The number of piperidine rings is 1. The van der Waals surface area contributed by atoms with Crippen LogP contribution in [-0.4, -0.2) is 46.5 Å². The molecule has 0 atom stereocenters. The van der Waals surface area contributed by atoms with Gasteiger partial charge in [-0.15, -0.1) is 0 Å². The van der Waals surface area contributed by atoms with Crippen LogP contribution in [-0.2, 0) is 6.42 Å². The van der Waals surface area contributed by atoms with Crippen LogP contribution in [0.4, 0.5) is 5.82 Å². The molecular weight excluding hydrogens is 522 g/mol. The van der Waals surface area contributed by atoms with Gasteiger partial charge in [0, 0.05) is 42.2 Å². The van der Waals surface area contributed by atoms with Crippen molar-refractivity contribution in [2.75, 3.05) is 24.6 Å². The van der Waals surface area contributed by atoms with E-state index in [9.17, 15) is 9.59 Å². The fourth-order valence-corrected chi connectivity index (χ4v) is 5.22. The molecule has 0 amide bonds. The fourth-order valence-electron chi connectivity index (χ4n) is 5.22. The van der Waals surface area contributed by atoms with Gasteiger partial charge in [0.25, 0.3) is 0 Å². The van der Waals surface area contributed by atoms with Crippen LogP contribution < -0.4 is 9.64 Å². The van der Waals surface area contributed by atoms with Gasteiger partial charge < -0.3 is 23.6 Å². The average molecular weight is 552 g/mol. The number of nitrogens with zero attached hydrogens (tertiary/aromatic N) is 3. The second-order valence-corrected chi connectivity index (χ2v) is 10.3. The van der Waals surface area contributed by atoms with Gasteiger partial charge in [0.2, 0.25) is 11.7 Å². The zero-order valence-corrected chi connectivity index (χ0v) is 22.6. The first-order valence-electron chi connectivity index (χ1n) is 13.6. The summed E-state index contributed by atoms with van der Waals surface area (Å²) in [7, 11) is 0. The van der Waals surface area contributed by atoms with Crippen LogP contribution in [0.3, 0.4) is 0 Å². The number of carboxylic acids is 1. The molecule has 4 heterocycles. The molecule has 3 aromatic heterocycles. The highest BCUT2D eigenvalue weighted by Crippen LogP contribution is 2.31. The van der Waals surface area contributed by atoms with Gasteiger partial charge in [0.15, 0.2) is 5.76 Å². The second kappa shape index (κ2) is 11.3. The van der Waals surface area contributed by atoms with Crippen LogP contribution >= 0.6 is 0 Å². The van der Waals surface area contributed by atoms with Crippen LogP contribution in [0.2, 0.25) is 0 Å². The molecule has 0 saturated carbocycles. The highest BCUT2D eigenvalue weighted by molar-refractivity contribution is 6.01. The van der Waals surface area contributed by atoms with E-state index in [4.69, 9.17) is 18.7 Å². The lowest BCUT2D eigenvalue weighted by molar-refractivity contribution is 0.0696. The van der Waals surface area contributed by atoms with Crippen LogP contribution in [0.25, 0.3) is 22.4 Å². The number of Topliss-reactive ketones (excluding diaryl/α,β-unsaturated/α-hetero) is 1. The van der Waals surface area contributed by atoms with Crippen LogP contribution in [0, 0.1) is 12.8 Å². The van der Waals surface area contributed by atoms with Gasteiger partial charge in [-0.2, -0.15) is 0 Å². The molecule has 1 fully saturated rings. The smallest absolute Gasteiger partial charge is 0.335 e. The van der Waals surface area contributed by atoms with Crippen molar-refractivity contribution in [3.8, 4) is 17.2 Å². The van der Waals surface area contributed by atoms with Gasteiger partial charge in [-0.25, -0.2) is 14.8 Å². The number of carbonyl (C=O) groups excluding carboxylic acids is 1. The summed E-state index contributed by atoms with van der Waals surface area (Å²) in [5, 5.41) is 10.0. The third-order valence-corrected chi connectivity index (χ3v) is 7.55. The van der Waals surface area contributed by atoms with Gasteiger partial charge in [-0.1, -0.05) is 12.1 Å². The summed E-state index contributed by atoms with van der Waals surface area (Å²) in [6, 6.07) is 16.1. The third kappa shape index (κ3) is 5.70. The standard InChI is InChI=1S/C32H29N3O6/c1-20-26-17-23(31-33-11-14-39-31)6-7-28(26)41-30(20)27(36)15-22-5-8-29(34-18-22)35-12-9-21(10-13-35)19-40-25-4-2-3-24(16-25)32(37)38/h2-8,11,14,16-18,21H,9-10,12-13,15,19H2,1H3,(H,37,38). The van der Waals surface area contributed by atoms with E-state index >= 15 is 0 Å². The molecule has 1 aliphatic rings. The SMILES string of the molecule is Cc1c(C(=O)Cc2ccc(N3CCC(COc4cccc(C(=O)O)c4)CC3)nc2)oc2ccc(-c3ncco3)cc12. The lowest BCUT2D eigenvalue weighted by Gasteiger charge is -2.32. The monoisotopic (exact) mass is 551 g/mol. The fraction of sp³-hybridized carbons (Fsp3) is 0.250. The van der Waals surface area contributed by atoms with Gasteiger partial charge in [-0.05, 0) is 73.7 Å². The molecule has 0 spiro atoms. The Labute approximate surface area is 236 Å². The Bertz CT molecular complexity index is 1680. The predicted molar refractivity (Wildman–Crippen MR) is 153 cm³/mol. The largest absolute Gasteiger partial charge is 0.493 e. The number of pyridine rings is 1. The van der Waals surface area contributed by atoms with E-state index in [0.29, 0.717) is 35.5 Å². The molecule has 6 rings (SSSR count). The van der Waals surface area contributed by atoms with E-state index in [1.54, 1.807) is 36.7 Å². The van der Waals surface area contributed by atoms with Crippen molar-refractivity contribution >= 4 is 28.5 Å². The number of rotatable bonds is 9. The molecule has 41 heavy (non-hydrogen) atoms. The van der Waals surface area contributed by atoms with Gasteiger partial charge >= 0.3 is 5.97 Å². The Morgan fingerprint density at radius 3 is 2.66 bits per heavy atom. The van der Waals surface area contributed by atoms with E-state index in [1.807, 2.05) is 37.3 Å². The van der Waals surface area contributed by atoms with E-state index < -0.39 is 5.97 Å². The van der Waals surface area contributed by atoms with Crippen molar-refractivity contribution < 1.29 is 28.3 Å². The first-order chi connectivity index (χ1) is 19.9. The molecule has 0 bridgehead atoms. The Hall–Kier alpha value is -4.92. The number of anilines is 1. The first-order valence-corrected chi connectivity index (χ1v) is 13.6. The number of hydrogen-bond acceptors (Lipinski definition) is 8. The second-order valence-electron chi connectivity index (χ2n) is 10.3. The number of benzene rings is 2. The zero-order valence-electron chi connectivity index (χ0n) is 22.6. The number of carbonyl (C=O) groups is 2. The molecule has 1 aliphatic heterocycles. The predicted octanol–water partition coefficient (Wildman–Crippen LogP) is 6.21. The maximum atomic E-state index is 13.2. The van der Waals surface area contributed by atoms with E-state index in [0.717, 1.165) is 53.8 Å². The van der Waals surface area contributed by atoms with Crippen LogP contribution in [0.1, 0.15) is 44.9 Å². The maximum Gasteiger partial charge on any atom is 0.335 e. The van der Waals surface area contributed by atoms with Crippen molar-refractivity contribution in [1.82, 2.24) is 9.97 Å². The number of furan rings is 1. The summed E-state index contributed by atoms with van der Waals surface area (Å²) in [5.74, 6) is 1.66. The molecule has 1 N–H and O–H groups in total. The van der Waals surface area contributed by atoms with Crippen molar-refractivity contribution in [3.63, 3.8) is 0 Å². The average Bonchev–Trinajstić information content (AvgIpc) is 3.65. The molecule has 9 nitrogen and oxygen atoms in total. The quantitative estimate of drug-likeness (QED) is 0.213. The number of carboxylic acid groups (broad SMARTS) is 1. The number of aromatic nitrogens is 2. The van der Waals surface area contributed by atoms with E-state index in [2.05, 4.69) is 14.9 Å². The minimum absolute atomic E-state index is 0.0966. The van der Waals surface area contributed by atoms with E-state index in [1.165, 1.54) is 6.26 Å². The number of ketones is 1. The van der Waals surface area contributed by atoms with Crippen molar-refractivity contribution in [2.45, 2.75) is 26.2 Å². The number of aryl methyl sites for hydroxylation is 1. The van der Waals surface area contributed by atoms with Crippen molar-refractivity contribution in [3.05, 3.63) is 95.7 Å². The summed E-state index contributed by atoms with van der Waals surface area (Å²) in [4.78, 5) is 35.4. The number of fused-ring (bicyclic) bond motifs is 1.